The van der Waals surface area contributed by atoms with Crippen LogP contribution in [0.1, 0.15) is 6.92 Å². The first-order valence-electron chi connectivity index (χ1n) is 5.62. The molecule has 2 aliphatic rings. The standard InChI is InChI=1S/C10H19N3O2.2ClH/c1-8-6-11-2-4-13(8)10(14)9-7-12-3-5-15-9;;/h8-9,11-12H,2-7H2,1H3;2*1H/t8-,9-;;/m1../s1. The molecule has 2 heterocycles. The van der Waals surface area contributed by atoms with Crippen molar-refractivity contribution < 1.29 is 9.53 Å². The number of nitrogens with zero attached hydrogens (tertiary/aromatic N) is 1. The lowest BCUT2D eigenvalue weighted by molar-refractivity contribution is -0.148. The van der Waals surface area contributed by atoms with Crippen molar-refractivity contribution in [2.24, 2.45) is 0 Å². The van der Waals surface area contributed by atoms with Crippen LogP contribution in [-0.4, -0.2) is 62.3 Å². The molecule has 2 atom stereocenters. The fourth-order valence-corrected chi connectivity index (χ4v) is 2.08. The molecule has 17 heavy (non-hydrogen) atoms. The van der Waals surface area contributed by atoms with Crippen molar-refractivity contribution in [3.05, 3.63) is 0 Å². The summed E-state index contributed by atoms with van der Waals surface area (Å²) in [6, 6.07) is 0.275. The van der Waals surface area contributed by atoms with Gasteiger partial charge < -0.3 is 20.3 Å². The molecule has 0 radical (unpaired) electrons. The van der Waals surface area contributed by atoms with Gasteiger partial charge in [-0.15, -0.1) is 24.8 Å². The fraction of sp³-hybridized carbons (Fsp3) is 0.900. The quantitative estimate of drug-likeness (QED) is 0.691. The maximum absolute atomic E-state index is 12.1. The zero-order chi connectivity index (χ0) is 10.7. The van der Waals surface area contributed by atoms with E-state index in [-0.39, 0.29) is 42.9 Å². The van der Waals surface area contributed by atoms with E-state index < -0.39 is 0 Å². The summed E-state index contributed by atoms with van der Waals surface area (Å²) in [5.74, 6) is 0.135. The molecule has 0 spiro atoms. The Balaban J connectivity index is 0.00000128. The van der Waals surface area contributed by atoms with Crippen molar-refractivity contribution >= 4 is 30.7 Å². The molecular formula is C10H21Cl2N3O2. The number of piperazine rings is 1. The normalized spacial score (nSPS) is 28.9. The van der Waals surface area contributed by atoms with Crippen molar-refractivity contribution in [2.75, 3.05) is 39.3 Å². The van der Waals surface area contributed by atoms with E-state index >= 15 is 0 Å². The van der Waals surface area contributed by atoms with Crippen molar-refractivity contribution in [1.29, 1.82) is 0 Å². The number of hydrogen-bond donors (Lipinski definition) is 2. The number of morpholine rings is 1. The van der Waals surface area contributed by atoms with E-state index in [0.717, 1.165) is 26.2 Å². The second-order valence-corrected chi connectivity index (χ2v) is 4.15. The molecule has 0 aromatic rings. The molecule has 0 aromatic carbocycles. The second kappa shape index (κ2) is 8.11. The number of hydrogen-bond acceptors (Lipinski definition) is 4. The van der Waals surface area contributed by atoms with Crippen LogP contribution in [0.25, 0.3) is 0 Å². The lowest BCUT2D eigenvalue weighted by atomic mass is 10.1. The first-order valence-corrected chi connectivity index (χ1v) is 5.62. The Morgan fingerprint density at radius 2 is 1.94 bits per heavy atom. The molecule has 2 N–H and O–H groups in total. The van der Waals surface area contributed by atoms with Gasteiger partial charge in [-0.2, -0.15) is 0 Å². The minimum Gasteiger partial charge on any atom is -0.366 e. The number of carbonyl (C=O) groups is 1. The lowest BCUT2D eigenvalue weighted by Crippen LogP contribution is -2.57. The lowest BCUT2D eigenvalue weighted by Gasteiger charge is -2.37. The minimum absolute atomic E-state index is 0. The molecule has 0 aliphatic carbocycles. The van der Waals surface area contributed by atoms with Gasteiger partial charge in [0.2, 0.25) is 0 Å². The molecule has 0 aromatic heterocycles. The van der Waals surface area contributed by atoms with E-state index in [4.69, 9.17) is 4.74 Å². The molecule has 0 unspecified atom stereocenters. The van der Waals surface area contributed by atoms with Crippen LogP contribution in [-0.2, 0) is 9.53 Å². The van der Waals surface area contributed by atoms with E-state index in [1.807, 2.05) is 4.90 Å². The summed E-state index contributed by atoms with van der Waals surface area (Å²) in [6.07, 6.45) is -0.278. The summed E-state index contributed by atoms with van der Waals surface area (Å²) in [5.41, 5.74) is 0. The molecule has 102 valence electrons. The Labute approximate surface area is 114 Å². The number of ether oxygens (including phenoxy) is 1. The zero-order valence-electron chi connectivity index (χ0n) is 9.98. The number of carbonyl (C=O) groups excluding carboxylic acids is 1. The van der Waals surface area contributed by atoms with Crippen LogP contribution >= 0.6 is 24.8 Å². The van der Waals surface area contributed by atoms with Crippen LogP contribution in [0.15, 0.2) is 0 Å². The van der Waals surface area contributed by atoms with Gasteiger partial charge in [0.15, 0.2) is 0 Å². The highest BCUT2D eigenvalue weighted by Gasteiger charge is 2.30. The fourth-order valence-electron chi connectivity index (χ4n) is 2.08. The predicted molar refractivity (Wildman–Crippen MR) is 71.2 cm³/mol. The van der Waals surface area contributed by atoms with Crippen LogP contribution in [0.2, 0.25) is 0 Å². The summed E-state index contributed by atoms with van der Waals surface area (Å²) >= 11 is 0. The molecule has 2 saturated heterocycles. The third-order valence-corrected chi connectivity index (χ3v) is 2.99. The molecule has 0 saturated carbocycles. The topological polar surface area (TPSA) is 53.6 Å². The summed E-state index contributed by atoms with van der Waals surface area (Å²) in [7, 11) is 0. The Morgan fingerprint density at radius 1 is 1.24 bits per heavy atom. The monoisotopic (exact) mass is 285 g/mol. The highest BCUT2D eigenvalue weighted by atomic mass is 35.5. The van der Waals surface area contributed by atoms with Crippen molar-refractivity contribution in [1.82, 2.24) is 15.5 Å². The number of nitrogens with one attached hydrogen (secondary N) is 2. The van der Waals surface area contributed by atoms with E-state index in [2.05, 4.69) is 17.6 Å². The summed E-state index contributed by atoms with van der Waals surface area (Å²) in [5, 5.41) is 6.45. The highest BCUT2D eigenvalue weighted by Crippen LogP contribution is 2.08. The van der Waals surface area contributed by atoms with Crippen LogP contribution in [0.3, 0.4) is 0 Å². The first kappa shape index (κ1) is 16.9. The summed E-state index contributed by atoms with van der Waals surface area (Å²) in [4.78, 5) is 14.0. The van der Waals surface area contributed by atoms with Gasteiger partial charge >= 0.3 is 0 Å². The first-order chi connectivity index (χ1) is 7.29. The molecular weight excluding hydrogens is 265 g/mol. The molecule has 2 aliphatic heterocycles. The van der Waals surface area contributed by atoms with Crippen LogP contribution in [0, 0.1) is 0 Å². The van der Waals surface area contributed by atoms with Crippen LogP contribution < -0.4 is 10.6 Å². The highest BCUT2D eigenvalue weighted by molar-refractivity contribution is 5.85. The van der Waals surface area contributed by atoms with Gasteiger partial charge in [0.05, 0.1) is 6.61 Å². The minimum atomic E-state index is -0.278. The Morgan fingerprint density at radius 3 is 2.53 bits per heavy atom. The average Bonchev–Trinajstić information content (AvgIpc) is 2.30. The molecule has 0 bridgehead atoms. The van der Waals surface area contributed by atoms with Gasteiger partial charge in [0.1, 0.15) is 6.10 Å². The maximum Gasteiger partial charge on any atom is 0.253 e. The SMILES string of the molecule is C[C@@H]1CNCCN1C(=O)[C@H]1CNCCO1.Cl.Cl. The Kier molecular flexibility index (Phi) is 8.07. The molecule has 5 nitrogen and oxygen atoms in total. The Hall–Kier alpha value is -0.0700. The van der Waals surface area contributed by atoms with Gasteiger partial charge in [-0.3, -0.25) is 4.79 Å². The van der Waals surface area contributed by atoms with Gasteiger partial charge in [-0.05, 0) is 6.92 Å². The number of amides is 1. The second-order valence-electron chi connectivity index (χ2n) is 4.15. The van der Waals surface area contributed by atoms with Crippen LogP contribution in [0.5, 0.6) is 0 Å². The van der Waals surface area contributed by atoms with Gasteiger partial charge in [0, 0.05) is 38.8 Å². The van der Waals surface area contributed by atoms with Crippen LogP contribution in [0.4, 0.5) is 0 Å². The van der Waals surface area contributed by atoms with Crippen molar-refractivity contribution in [3.63, 3.8) is 0 Å². The largest absolute Gasteiger partial charge is 0.366 e. The Bertz CT molecular complexity index is 238. The third-order valence-electron chi connectivity index (χ3n) is 2.99. The van der Waals surface area contributed by atoms with E-state index in [1.54, 1.807) is 0 Å². The zero-order valence-corrected chi connectivity index (χ0v) is 11.6. The van der Waals surface area contributed by atoms with Crippen molar-refractivity contribution in [3.8, 4) is 0 Å². The van der Waals surface area contributed by atoms with Crippen molar-refractivity contribution in [2.45, 2.75) is 19.1 Å². The molecule has 2 fully saturated rings. The van der Waals surface area contributed by atoms with E-state index in [9.17, 15) is 4.79 Å². The summed E-state index contributed by atoms with van der Waals surface area (Å²) in [6.45, 7) is 6.76. The number of halogens is 2. The smallest absolute Gasteiger partial charge is 0.253 e. The third kappa shape index (κ3) is 4.26. The molecule has 1 amide bonds. The predicted octanol–water partition coefficient (Wildman–Crippen LogP) is -0.361. The van der Waals surface area contributed by atoms with Gasteiger partial charge in [-0.25, -0.2) is 0 Å². The summed E-state index contributed by atoms with van der Waals surface area (Å²) < 4.78 is 5.47. The van der Waals surface area contributed by atoms with Gasteiger partial charge in [-0.1, -0.05) is 0 Å². The van der Waals surface area contributed by atoms with Gasteiger partial charge in [0.25, 0.3) is 5.91 Å². The molecule has 7 heteroatoms. The van der Waals surface area contributed by atoms with E-state index in [1.165, 1.54) is 0 Å². The number of rotatable bonds is 1. The van der Waals surface area contributed by atoms with E-state index in [0.29, 0.717) is 13.2 Å². The molecule has 2 rings (SSSR count). The maximum atomic E-state index is 12.1. The average molecular weight is 286 g/mol.